The monoisotopic (exact) mass is 354 g/mol. The molecule has 0 spiro atoms. The second-order valence-electron chi connectivity index (χ2n) is 6.54. The lowest BCUT2D eigenvalue weighted by Gasteiger charge is -2.25. The second kappa shape index (κ2) is 7.57. The van der Waals surface area contributed by atoms with Crippen LogP contribution in [0.4, 0.5) is 10.5 Å². The van der Waals surface area contributed by atoms with Crippen LogP contribution in [0.1, 0.15) is 18.5 Å². The van der Waals surface area contributed by atoms with Crippen LogP contribution in [-0.4, -0.2) is 47.1 Å². The summed E-state index contributed by atoms with van der Waals surface area (Å²) in [6.45, 7) is 2.24. The summed E-state index contributed by atoms with van der Waals surface area (Å²) in [7, 11) is 0. The number of hydrogen-bond donors (Lipinski definition) is 4. The van der Waals surface area contributed by atoms with Gasteiger partial charge in [0.15, 0.2) is 0 Å². The summed E-state index contributed by atoms with van der Waals surface area (Å²) in [6.07, 6.45) is 10.9. The molecule has 136 valence electrons. The van der Waals surface area contributed by atoms with Crippen molar-refractivity contribution in [1.82, 2.24) is 25.8 Å². The maximum Gasteiger partial charge on any atom is 0.316 e. The molecule has 2 aromatic rings. The number of anilines is 1. The fraction of sp³-hybridized carbons (Fsp3) is 0.389. The molecule has 1 unspecified atom stereocenters. The SMILES string of the molecule is O=C(NCC1CCOCC1)NC1C=Cc2ncc(-c3cn[nH]c3)cc2N1. The molecule has 0 bridgehead atoms. The largest absolute Gasteiger partial charge is 0.381 e. The molecule has 4 rings (SSSR count). The minimum Gasteiger partial charge on any atom is -0.381 e. The van der Waals surface area contributed by atoms with E-state index in [4.69, 9.17) is 4.74 Å². The van der Waals surface area contributed by atoms with Crippen LogP contribution < -0.4 is 16.0 Å². The van der Waals surface area contributed by atoms with Crippen LogP contribution in [0.3, 0.4) is 0 Å². The van der Waals surface area contributed by atoms with Gasteiger partial charge in [0.1, 0.15) is 6.17 Å². The number of aromatic amines is 1. The van der Waals surface area contributed by atoms with Gasteiger partial charge in [-0.3, -0.25) is 10.1 Å². The lowest BCUT2D eigenvalue weighted by atomic mass is 10.0. The van der Waals surface area contributed by atoms with Gasteiger partial charge in [-0.1, -0.05) is 0 Å². The highest BCUT2D eigenvalue weighted by Crippen LogP contribution is 2.26. The molecule has 2 amide bonds. The van der Waals surface area contributed by atoms with Crippen molar-refractivity contribution in [2.24, 2.45) is 5.92 Å². The summed E-state index contributed by atoms with van der Waals surface area (Å²) in [5, 5.41) is 15.9. The van der Waals surface area contributed by atoms with E-state index in [1.54, 1.807) is 6.20 Å². The first-order valence-corrected chi connectivity index (χ1v) is 8.84. The van der Waals surface area contributed by atoms with E-state index in [-0.39, 0.29) is 12.2 Å². The summed E-state index contributed by atoms with van der Waals surface area (Å²) >= 11 is 0. The van der Waals surface area contributed by atoms with Gasteiger partial charge in [-0.2, -0.15) is 5.10 Å². The molecule has 4 N–H and O–H groups in total. The first kappa shape index (κ1) is 16.6. The molecule has 2 aliphatic rings. The highest BCUT2D eigenvalue weighted by atomic mass is 16.5. The molecule has 1 atom stereocenters. The summed E-state index contributed by atoms with van der Waals surface area (Å²) in [4.78, 5) is 16.6. The molecule has 1 fully saturated rings. The Morgan fingerprint density at radius 3 is 2.96 bits per heavy atom. The Labute approximate surface area is 151 Å². The fourth-order valence-electron chi connectivity index (χ4n) is 3.16. The van der Waals surface area contributed by atoms with E-state index in [9.17, 15) is 4.79 Å². The van der Waals surface area contributed by atoms with E-state index in [1.165, 1.54) is 0 Å². The van der Waals surface area contributed by atoms with Crippen molar-refractivity contribution in [1.29, 1.82) is 0 Å². The maximum atomic E-state index is 12.2. The molecular formula is C18H22N6O2. The molecule has 0 aliphatic carbocycles. The third-order valence-electron chi connectivity index (χ3n) is 4.69. The van der Waals surface area contributed by atoms with Crippen molar-refractivity contribution >= 4 is 17.8 Å². The zero-order chi connectivity index (χ0) is 17.8. The molecular weight excluding hydrogens is 332 g/mol. The standard InChI is InChI=1S/C18H22N6O2/c25-18(20-8-12-3-5-26-6-4-12)24-17-2-1-15-16(23-17)7-13(9-19-15)14-10-21-22-11-14/h1-2,7,9-12,17,23H,3-6,8H2,(H,21,22)(H2,20,24,25). The average molecular weight is 354 g/mol. The first-order valence-electron chi connectivity index (χ1n) is 8.84. The van der Waals surface area contributed by atoms with Crippen molar-refractivity contribution in [3.05, 3.63) is 36.4 Å². The molecule has 1 saturated heterocycles. The second-order valence-corrected chi connectivity index (χ2v) is 6.54. The Kier molecular flexibility index (Phi) is 4.83. The zero-order valence-electron chi connectivity index (χ0n) is 14.4. The van der Waals surface area contributed by atoms with Crippen LogP contribution in [0, 0.1) is 5.92 Å². The van der Waals surface area contributed by atoms with Crippen LogP contribution in [-0.2, 0) is 4.74 Å². The van der Waals surface area contributed by atoms with E-state index in [2.05, 4.69) is 31.1 Å². The van der Waals surface area contributed by atoms with Gasteiger partial charge < -0.3 is 20.7 Å². The number of fused-ring (bicyclic) bond motifs is 1. The minimum atomic E-state index is -0.279. The predicted octanol–water partition coefficient (Wildman–Crippen LogP) is 1.96. The lowest BCUT2D eigenvalue weighted by molar-refractivity contribution is 0.0669. The highest BCUT2D eigenvalue weighted by Gasteiger charge is 2.18. The number of nitrogens with zero attached hydrogens (tertiary/aromatic N) is 2. The number of carbonyl (C=O) groups excluding carboxylic acids is 1. The molecule has 0 radical (unpaired) electrons. The van der Waals surface area contributed by atoms with E-state index < -0.39 is 0 Å². The van der Waals surface area contributed by atoms with Gasteiger partial charge in [0.05, 0.1) is 17.6 Å². The van der Waals surface area contributed by atoms with Gasteiger partial charge in [0.2, 0.25) is 0 Å². The zero-order valence-corrected chi connectivity index (χ0v) is 14.4. The number of rotatable bonds is 4. The number of pyridine rings is 1. The van der Waals surface area contributed by atoms with Gasteiger partial charge in [0.25, 0.3) is 0 Å². The van der Waals surface area contributed by atoms with Crippen LogP contribution in [0.25, 0.3) is 17.2 Å². The maximum absolute atomic E-state index is 12.2. The highest BCUT2D eigenvalue weighted by molar-refractivity contribution is 5.78. The van der Waals surface area contributed by atoms with Gasteiger partial charge in [-0.25, -0.2) is 4.79 Å². The van der Waals surface area contributed by atoms with Crippen molar-refractivity contribution < 1.29 is 9.53 Å². The Morgan fingerprint density at radius 1 is 1.27 bits per heavy atom. The third-order valence-corrected chi connectivity index (χ3v) is 4.69. The van der Waals surface area contributed by atoms with Gasteiger partial charge >= 0.3 is 6.03 Å². The minimum absolute atomic E-state index is 0.180. The van der Waals surface area contributed by atoms with Gasteiger partial charge in [-0.05, 0) is 37.0 Å². The average Bonchev–Trinajstić information content (AvgIpc) is 3.21. The van der Waals surface area contributed by atoms with Crippen molar-refractivity contribution in [2.45, 2.75) is 19.0 Å². The molecule has 0 aromatic carbocycles. The summed E-state index contributed by atoms with van der Waals surface area (Å²) in [5.74, 6) is 0.492. The molecule has 0 saturated carbocycles. The number of nitrogens with one attached hydrogen (secondary N) is 4. The molecule has 2 aromatic heterocycles. The van der Waals surface area contributed by atoms with Crippen LogP contribution in [0.2, 0.25) is 0 Å². The number of aromatic nitrogens is 3. The van der Waals surface area contributed by atoms with E-state index in [0.29, 0.717) is 12.5 Å². The number of H-pyrrole nitrogens is 1. The number of amides is 2. The van der Waals surface area contributed by atoms with Crippen LogP contribution in [0.5, 0.6) is 0 Å². The molecule has 4 heterocycles. The van der Waals surface area contributed by atoms with E-state index in [0.717, 1.165) is 48.6 Å². The lowest BCUT2D eigenvalue weighted by Crippen LogP contribution is -2.47. The Morgan fingerprint density at radius 2 is 2.15 bits per heavy atom. The number of carbonyl (C=O) groups is 1. The predicted molar refractivity (Wildman–Crippen MR) is 98.3 cm³/mol. The molecule has 2 aliphatic heterocycles. The van der Waals surface area contributed by atoms with Crippen molar-refractivity contribution in [3.8, 4) is 11.1 Å². The fourth-order valence-corrected chi connectivity index (χ4v) is 3.16. The molecule has 8 heteroatoms. The van der Waals surface area contributed by atoms with Gasteiger partial charge in [0, 0.05) is 43.3 Å². The number of ether oxygens (including phenoxy) is 1. The summed E-state index contributed by atoms with van der Waals surface area (Å²) in [6, 6.07) is 1.83. The number of urea groups is 1. The smallest absolute Gasteiger partial charge is 0.316 e. The Balaban J connectivity index is 1.34. The quantitative estimate of drug-likeness (QED) is 0.672. The normalized spacial score (nSPS) is 19.5. The number of hydrogen-bond acceptors (Lipinski definition) is 5. The summed E-state index contributed by atoms with van der Waals surface area (Å²) in [5.41, 5.74) is 3.65. The van der Waals surface area contributed by atoms with E-state index >= 15 is 0 Å². The first-order chi connectivity index (χ1) is 12.8. The Hall–Kier alpha value is -2.87. The molecule has 8 nitrogen and oxygen atoms in total. The topological polar surface area (TPSA) is 104 Å². The van der Waals surface area contributed by atoms with Gasteiger partial charge in [-0.15, -0.1) is 0 Å². The van der Waals surface area contributed by atoms with Crippen LogP contribution >= 0.6 is 0 Å². The van der Waals surface area contributed by atoms with Crippen LogP contribution in [0.15, 0.2) is 30.7 Å². The Bertz CT molecular complexity index is 783. The van der Waals surface area contributed by atoms with Crippen molar-refractivity contribution in [2.75, 3.05) is 25.1 Å². The third kappa shape index (κ3) is 3.85. The van der Waals surface area contributed by atoms with Crippen molar-refractivity contribution in [3.63, 3.8) is 0 Å². The summed E-state index contributed by atoms with van der Waals surface area (Å²) < 4.78 is 5.34. The van der Waals surface area contributed by atoms with E-state index in [1.807, 2.05) is 30.6 Å². The molecule has 26 heavy (non-hydrogen) atoms.